The standard InChI is InChI=1S/C25H29NO7S/c1-24(2)17-12-13-25(24,22(27)16-17)26(34(3,30)31)18-8-10-19(11-9-18)32-14-15-33-21-7-5-4-6-20(21)23(28)29/h4-11,17H,12-16H2,1-3H3,(H,28,29). The number of hydrogen-bond donors (Lipinski definition) is 1. The average molecular weight is 488 g/mol. The number of ether oxygens (including phenoxy) is 2. The summed E-state index contributed by atoms with van der Waals surface area (Å²) in [5.74, 6) is -0.141. The van der Waals surface area contributed by atoms with Gasteiger partial charge in [-0.2, -0.15) is 0 Å². The highest BCUT2D eigenvalue weighted by atomic mass is 32.2. The Balaban J connectivity index is 1.47. The molecule has 0 spiro atoms. The van der Waals surface area contributed by atoms with Crippen LogP contribution in [0, 0.1) is 11.3 Å². The number of aromatic carboxylic acids is 1. The molecule has 0 amide bonds. The van der Waals surface area contributed by atoms with Crippen LogP contribution in [0.1, 0.15) is 43.5 Å². The monoisotopic (exact) mass is 487 g/mol. The van der Waals surface area contributed by atoms with Gasteiger partial charge in [-0.05, 0) is 60.6 Å². The van der Waals surface area contributed by atoms with E-state index < -0.39 is 26.9 Å². The minimum Gasteiger partial charge on any atom is -0.490 e. The summed E-state index contributed by atoms with van der Waals surface area (Å²) in [5.41, 5.74) is -1.01. The molecule has 2 aliphatic rings. The Hall–Kier alpha value is -3.07. The number of fused-ring (bicyclic) bond motifs is 2. The van der Waals surface area contributed by atoms with Crippen LogP contribution >= 0.6 is 0 Å². The van der Waals surface area contributed by atoms with Crippen LogP contribution in [0.5, 0.6) is 11.5 Å². The first kappa shape index (κ1) is 24.1. The van der Waals surface area contributed by atoms with Crippen molar-refractivity contribution < 1.29 is 32.6 Å². The Morgan fingerprint density at radius 1 is 1.09 bits per heavy atom. The Bertz CT molecular complexity index is 1210. The van der Waals surface area contributed by atoms with E-state index in [4.69, 9.17) is 9.47 Å². The first-order chi connectivity index (χ1) is 16.0. The van der Waals surface area contributed by atoms with E-state index >= 15 is 0 Å². The molecule has 1 N–H and O–H groups in total. The molecule has 0 aliphatic heterocycles. The number of rotatable bonds is 9. The molecule has 182 valence electrons. The van der Waals surface area contributed by atoms with Crippen molar-refractivity contribution in [3.05, 3.63) is 54.1 Å². The van der Waals surface area contributed by atoms with Gasteiger partial charge < -0.3 is 14.6 Å². The average Bonchev–Trinajstić information content (AvgIpc) is 3.12. The Labute approximate surface area is 199 Å². The zero-order valence-electron chi connectivity index (χ0n) is 19.5. The van der Waals surface area contributed by atoms with Gasteiger partial charge in [-0.25, -0.2) is 13.2 Å². The summed E-state index contributed by atoms with van der Waals surface area (Å²) in [6, 6.07) is 13.0. The van der Waals surface area contributed by atoms with Crippen LogP contribution in [0.4, 0.5) is 5.69 Å². The molecule has 2 aromatic rings. The Morgan fingerprint density at radius 2 is 1.74 bits per heavy atom. The quantitative estimate of drug-likeness (QED) is 0.536. The zero-order chi connectivity index (χ0) is 24.7. The summed E-state index contributed by atoms with van der Waals surface area (Å²) >= 11 is 0. The van der Waals surface area contributed by atoms with Gasteiger partial charge in [-0.3, -0.25) is 9.10 Å². The third kappa shape index (κ3) is 3.91. The predicted octanol–water partition coefficient (Wildman–Crippen LogP) is 3.76. The van der Waals surface area contributed by atoms with Crippen molar-refractivity contribution in [3.63, 3.8) is 0 Å². The maximum atomic E-state index is 13.1. The number of sulfonamides is 1. The number of benzene rings is 2. The lowest BCUT2D eigenvalue weighted by Gasteiger charge is -2.45. The van der Waals surface area contributed by atoms with Crippen molar-refractivity contribution in [3.8, 4) is 11.5 Å². The number of para-hydroxylation sites is 1. The predicted molar refractivity (Wildman–Crippen MR) is 127 cm³/mol. The molecular weight excluding hydrogens is 458 g/mol. The molecule has 2 aliphatic carbocycles. The van der Waals surface area contributed by atoms with E-state index in [0.29, 0.717) is 24.3 Å². The summed E-state index contributed by atoms with van der Waals surface area (Å²) < 4.78 is 38.4. The molecule has 9 heteroatoms. The highest BCUT2D eigenvalue weighted by molar-refractivity contribution is 7.92. The molecule has 2 atom stereocenters. The van der Waals surface area contributed by atoms with Gasteiger partial charge in [0, 0.05) is 6.42 Å². The molecule has 2 unspecified atom stereocenters. The van der Waals surface area contributed by atoms with Crippen molar-refractivity contribution in [2.75, 3.05) is 23.8 Å². The smallest absolute Gasteiger partial charge is 0.339 e. The van der Waals surface area contributed by atoms with Crippen LogP contribution in [0.3, 0.4) is 0 Å². The molecule has 2 fully saturated rings. The van der Waals surface area contributed by atoms with Crippen molar-refractivity contribution in [1.29, 1.82) is 0 Å². The SMILES string of the molecule is CC1(C)C2CCC1(N(c1ccc(OCCOc3ccccc3C(=O)O)cc1)S(C)(=O)=O)C(=O)C2. The number of hydrogen-bond acceptors (Lipinski definition) is 6. The lowest BCUT2D eigenvalue weighted by Crippen LogP contribution is -2.60. The first-order valence-corrected chi connectivity index (χ1v) is 13.0. The normalized spacial score (nSPS) is 23.0. The van der Waals surface area contributed by atoms with E-state index in [0.717, 1.165) is 12.7 Å². The molecule has 2 bridgehead atoms. The van der Waals surface area contributed by atoms with Gasteiger partial charge in [-0.1, -0.05) is 26.0 Å². The highest BCUT2D eigenvalue weighted by Crippen LogP contribution is 2.62. The molecule has 2 saturated carbocycles. The van der Waals surface area contributed by atoms with E-state index in [-0.39, 0.29) is 36.2 Å². The third-order valence-corrected chi connectivity index (χ3v) is 8.50. The largest absolute Gasteiger partial charge is 0.490 e. The van der Waals surface area contributed by atoms with E-state index in [1.165, 1.54) is 10.4 Å². The Kier molecular flexibility index (Phi) is 6.10. The summed E-state index contributed by atoms with van der Waals surface area (Å²) in [4.78, 5) is 24.3. The molecule has 4 rings (SSSR count). The summed E-state index contributed by atoms with van der Waals surface area (Å²) in [7, 11) is -3.72. The minimum absolute atomic E-state index is 0.0155. The van der Waals surface area contributed by atoms with Crippen LogP contribution in [0.25, 0.3) is 0 Å². The van der Waals surface area contributed by atoms with Gasteiger partial charge in [0.05, 0.1) is 11.9 Å². The second kappa shape index (κ2) is 8.61. The zero-order valence-corrected chi connectivity index (χ0v) is 20.3. The Morgan fingerprint density at radius 3 is 2.29 bits per heavy atom. The molecule has 34 heavy (non-hydrogen) atoms. The minimum atomic E-state index is -3.72. The van der Waals surface area contributed by atoms with Gasteiger partial charge in [0.1, 0.15) is 35.8 Å². The van der Waals surface area contributed by atoms with Gasteiger partial charge >= 0.3 is 5.97 Å². The number of nitrogens with zero attached hydrogens (tertiary/aromatic N) is 1. The third-order valence-electron chi connectivity index (χ3n) is 7.31. The highest BCUT2D eigenvalue weighted by Gasteiger charge is 2.68. The second-order valence-corrected chi connectivity index (χ2v) is 11.3. The second-order valence-electron chi connectivity index (χ2n) is 9.46. The van der Waals surface area contributed by atoms with Crippen LogP contribution < -0.4 is 13.8 Å². The lowest BCUT2D eigenvalue weighted by molar-refractivity contribution is -0.123. The molecule has 8 nitrogen and oxygen atoms in total. The topological polar surface area (TPSA) is 110 Å². The van der Waals surface area contributed by atoms with Gasteiger partial charge in [0.25, 0.3) is 0 Å². The number of anilines is 1. The van der Waals surface area contributed by atoms with Gasteiger partial charge in [0.15, 0.2) is 5.78 Å². The van der Waals surface area contributed by atoms with Crippen LogP contribution in [0.15, 0.2) is 48.5 Å². The molecule has 0 saturated heterocycles. The fourth-order valence-corrected chi connectivity index (χ4v) is 7.08. The van der Waals surface area contributed by atoms with Crippen LogP contribution in [-0.2, 0) is 14.8 Å². The van der Waals surface area contributed by atoms with Crippen LogP contribution in [-0.4, -0.2) is 50.3 Å². The number of carboxylic acid groups (broad SMARTS) is 1. The number of carbonyl (C=O) groups is 2. The number of Topliss-reactive ketones (excluding diaryl/α,β-unsaturated/α-hetero) is 1. The van der Waals surface area contributed by atoms with E-state index in [9.17, 15) is 23.1 Å². The van der Waals surface area contributed by atoms with Crippen molar-refractivity contribution in [2.24, 2.45) is 11.3 Å². The fraction of sp³-hybridized carbons (Fsp3) is 0.440. The molecule has 0 aromatic heterocycles. The van der Waals surface area contributed by atoms with E-state index in [1.54, 1.807) is 42.5 Å². The van der Waals surface area contributed by atoms with E-state index in [1.807, 2.05) is 13.8 Å². The lowest BCUT2D eigenvalue weighted by atomic mass is 9.75. The summed E-state index contributed by atoms with van der Waals surface area (Å²) in [6.07, 6.45) is 2.90. The van der Waals surface area contributed by atoms with Crippen LogP contribution in [0.2, 0.25) is 0 Å². The van der Waals surface area contributed by atoms with Gasteiger partial charge in [0.2, 0.25) is 10.0 Å². The molecule has 2 aromatic carbocycles. The maximum Gasteiger partial charge on any atom is 0.339 e. The van der Waals surface area contributed by atoms with Crippen molar-refractivity contribution >= 4 is 27.5 Å². The first-order valence-electron chi connectivity index (χ1n) is 11.2. The summed E-state index contributed by atoms with van der Waals surface area (Å²) in [5, 5.41) is 9.22. The van der Waals surface area contributed by atoms with Crippen molar-refractivity contribution in [2.45, 2.75) is 38.6 Å². The maximum absolute atomic E-state index is 13.1. The van der Waals surface area contributed by atoms with Gasteiger partial charge in [-0.15, -0.1) is 0 Å². The number of ketones is 1. The molecule has 0 radical (unpaired) electrons. The van der Waals surface area contributed by atoms with E-state index in [2.05, 4.69) is 0 Å². The van der Waals surface area contributed by atoms with Crippen molar-refractivity contribution in [1.82, 2.24) is 0 Å². The molecule has 0 heterocycles. The fourth-order valence-electron chi connectivity index (χ4n) is 5.58. The summed E-state index contributed by atoms with van der Waals surface area (Å²) in [6.45, 7) is 4.29. The number of carbonyl (C=O) groups excluding carboxylic acids is 1. The molecular formula is C25H29NO7S. The number of carboxylic acids is 1.